The van der Waals surface area contributed by atoms with Crippen molar-refractivity contribution in [3.63, 3.8) is 0 Å². The molecule has 2 atom stereocenters. The number of aromatic nitrogens is 4. The quantitative estimate of drug-likeness (QED) is 0.493. The number of nitrogens with one attached hydrogen (secondary N) is 2. The molecule has 0 radical (unpaired) electrons. The van der Waals surface area contributed by atoms with Gasteiger partial charge in [-0.15, -0.1) is 0 Å². The van der Waals surface area contributed by atoms with E-state index in [4.69, 9.17) is 0 Å². The van der Waals surface area contributed by atoms with Crippen LogP contribution >= 0.6 is 15.9 Å². The molecule has 184 valence electrons. The van der Waals surface area contributed by atoms with Crippen molar-refractivity contribution in [1.82, 2.24) is 25.1 Å². The molecular weight excluding hydrogens is 538 g/mol. The monoisotopic (exact) mass is 561 g/mol. The largest absolute Gasteiger partial charge is 0.359 e. The Labute approximate surface area is 210 Å². The van der Waals surface area contributed by atoms with E-state index in [0.29, 0.717) is 39.4 Å². The summed E-state index contributed by atoms with van der Waals surface area (Å²) in [5.74, 6) is -0.626. The van der Waals surface area contributed by atoms with Gasteiger partial charge in [-0.2, -0.15) is 10.1 Å². The van der Waals surface area contributed by atoms with Crippen LogP contribution in [0.3, 0.4) is 0 Å². The number of amides is 2. The Morgan fingerprint density at radius 1 is 1.31 bits per heavy atom. The number of rotatable bonds is 4. The van der Waals surface area contributed by atoms with Crippen molar-refractivity contribution in [2.24, 2.45) is 5.41 Å². The summed E-state index contributed by atoms with van der Waals surface area (Å²) in [4.78, 5) is 34.8. The van der Waals surface area contributed by atoms with Gasteiger partial charge >= 0.3 is 0 Å². The zero-order valence-electron chi connectivity index (χ0n) is 19.4. The molecule has 0 bridgehead atoms. The first-order valence-electron chi connectivity index (χ1n) is 11.1. The number of fused-ring (bicyclic) bond motifs is 2. The van der Waals surface area contributed by atoms with Gasteiger partial charge in [-0.05, 0) is 53.4 Å². The van der Waals surface area contributed by atoms with Crippen LogP contribution < -0.4 is 15.5 Å². The second kappa shape index (κ2) is 8.26. The molecule has 11 nitrogen and oxygen atoms in total. The average molecular weight is 562 g/mol. The molecule has 3 aromatic rings. The van der Waals surface area contributed by atoms with E-state index in [1.807, 2.05) is 6.92 Å². The molecule has 2 aromatic heterocycles. The van der Waals surface area contributed by atoms with Crippen LogP contribution in [0.1, 0.15) is 26.2 Å². The van der Waals surface area contributed by atoms with Crippen molar-refractivity contribution < 1.29 is 18.0 Å². The number of carbonyl (C=O) groups is 2. The Morgan fingerprint density at radius 2 is 2.09 bits per heavy atom. The van der Waals surface area contributed by atoms with E-state index in [2.05, 4.69) is 41.6 Å². The average Bonchev–Trinajstić information content (AvgIpc) is 3.36. The van der Waals surface area contributed by atoms with Crippen LogP contribution in [-0.2, 0) is 19.4 Å². The first-order chi connectivity index (χ1) is 16.5. The SMILES string of the molecule is CNC(=O)[C@]1(C)CC[C@@H](Nc2ncc3c(Br)nn(-c4ccc5c(c4)S(=O)(=O)CC(=O)N5C)c3n2)C1. The molecule has 2 amide bonds. The third kappa shape index (κ3) is 3.96. The van der Waals surface area contributed by atoms with Crippen LogP contribution in [-0.4, -0.2) is 65.9 Å². The summed E-state index contributed by atoms with van der Waals surface area (Å²) in [6.45, 7) is 1.96. The molecule has 5 rings (SSSR count). The minimum absolute atomic E-state index is 0.0230. The highest BCUT2D eigenvalue weighted by Gasteiger charge is 2.41. The van der Waals surface area contributed by atoms with Gasteiger partial charge in [0, 0.05) is 31.7 Å². The van der Waals surface area contributed by atoms with Crippen LogP contribution in [0.4, 0.5) is 11.6 Å². The van der Waals surface area contributed by atoms with E-state index in [0.717, 1.165) is 12.8 Å². The summed E-state index contributed by atoms with van der Waals surface area (Å²) in [6.07, 6.45) is 3.87. The van der Waals surface area contributed by atoms with Gasteiger partial charge in [-0.25, -0.2) is 18.1 Å². The molecule has 2 aliphatic rings. The van der Waals surface area contributed by atoms with Gasteiger partial charge in [-0.3, -0.25) is 9.59 Å². The van der Waals surface area contributed by atoms with Gasteiger partial charge in [0.25, 0.3) is 0 Å². The van der Waals surface area contributed by atoms with E-state index in [1.165, 1.54) is 11.0 Å². The summed E-state index contributed by atoms with van der Waals surface area (Å²) in [7, 11) is -0.568. The van der Waals surface area contributed by atoms with E-state index >= 15 is 0 Å². The Kier molecular flexibility index (Phi) is 5.59. The summed E-state index contributed by atoms with van der Waals surface area (Å²) in [5, 5.41) is 11.2. The highest BCUT2D eigenvalue weighted by molar-refractivity contribution is 9.10. The van der Waals surface area contributed by atoms with Crippen molar-refractivity contribution in [1.29, 1.82) is 0 Å². The van der Waals surface area contributed by atoms with Gasteiger partial charge in [0.15, 0.2) is 15.5 Å². The maximum atomic E-state index is 12.7. The Balaban J connectivity index is 1.51. The lowest BCUT2D eigenvalue weighted by atomic mass is 9.87. The summed E-state index contributed by atoms with van der Waals surface area (Å²) in [6, 6.07) is 4.84. The highest BCUT2D eigenvalue weighted by Crippen LogP contribution is 2.39. The molecule has 0 unspecified atom stereocenters. The number of halogens is 1. The first kappa shape index (κ1) is 23.7. The third-order valence-corrected chi connectivity index (χ3v) is 9.01. The van der Waals surface area contributed by atoms with Crippen molar-refractivity contribution in [2.45, 2.75) is 37.1 Å². The van der Waals surface area contributed by atoms with Gasteiger partial charge in [0.1, 0.15) is 10.4 Å². The number of sulfone groups is 1. The van der Waals surface area contributed by atoms with Crippen LogP contribution in [0.25, 0.3) is 16.7 Å². The highest BCUT2D eigenvalue weighted by atomic mass is 79.9. The lowest BCUT2D eigenvalue weighted by Gasteiger charge is -2.25. The van der Waals surface area contributed by atoms with Gasteiger partial charge in [-0.1, -0.05) is 6.92 Å². The van der Waals surface area contributed by atoms with Crippen LogP contribution in [0.15, 0.2) is 33.9 Å². The van der Waals surface area contributed by atoms with Crippen molar-refractivity contribution >= 4 is 60.3 Å². The maximum absolute atomic E-state index is 12.7. The molecular formula is C22H24BrN7O4S. The Hall–Kier alpha value is -3.06. The molecule has 13 heteroatoms. The predicted octanol–water partition coefficient (Wildman–Crippen LogP) is 2.04. The summed E-state index contributed by atoms with van der Waals surface area (Å²) >= 11 is 3.43. The fourth-order valence-electron chi connectivity index (χ4n) is 4.81. The molecule has 0 saturated heterocycles. The molecule has 1 saturated carbocycles. The minimum Gasteiger partial charge on any atom is -0.359 e. The number of carbonyl (C=O) groups excluding carboxylic acids is 2. The Bertz CT molecular complexity index is 1490. The molecule has 1 fully saturated rings. The lowest BCUT2D eigenvalue weighted by molar-refractivity contribution is -0.129. The predicted molar refractivity (Wildman–Crippen MR) is 133 cm³/mol. The fraction of sp³-hybridized carbons (Fsp3) is 0.409. The van der Waals surface area contributed by atoms with Crippen molar-refractivity contribution in [2.75, 3.05) is 30.1 Å². The van der Waals surface area contributed by atoms with Crippen molar-refractivity contribution in [3.05, 3.63) is 29.0 Å². The molecule has 0 spiro atoms. The normalized spacial score (nSPS) is 23.4. The second-order valence-electron chi connectivity index (χ2n) is 9.22. The summed E-state index contributed by atoms with van der Waals surface area (Å²) in [5.41, 5.74) is 0.866. The number of anilines is 2. The molecule has 2 N–H and O–H groups in total. The zero-order chi connectivity index (χ0) is 25.1. The topological polar surface area (TPSA) is 139 Å². The van der Waals surface area contributed by atoms with Gasteiger partial charge in [0.2, 0.25) is 17.8 Å². The van der Waals surface area contributed by atoms with Gasteiger partial charge < -0.3 is 15.5 Å². The van der Waals surface area contributed by atoms with E-state index < -0.39 is 26.9 Å². The molecule has 1 aliphatic heterocycles. The van der Waals surface area contributed by atoms with E-state index in [-0.39, 0.29) is 16.8 Å². The van der Waals surface area contributed by atoms with Crippen LogP contribution in [0.5, 0.6) is 0 Å². The van der Waals surface area contributed by atoms with E-state index in [1.54, 1.807) is 37.1 Å². The Morgan fingerprint density at radius 3 is 2.83 bits per heavy atom. The van der Waals surface area contributed by atoms with Crippen LogP contribution in [0.2, 0.25) is 0 Å². The smallest absolute Gasteiger partial charge is 0.242 e. The molecule has 1 aromatic carbocycles. The van der Waals surface area contributed by atoms with Gasteiger partial charge in [0.05, 0.1) is 21.7 Å². The number of hydrogen-bond acceptors (Lipinski definition) is 8. The maximum Gasteiger partial charge on any atom is 0.242 e. The first-order valence-corrected chi connectivity index (χ1v) is 13.5. The van der Waals surface area contributed by atoms with Crippen molar-refractivity contribution in [3.8, 4) is 5.69 Å². The summed E-state index contributed by atoms with van der Waals surface area (Å²) < 4.78 is 27.5. The fourth-order valence-corrected chi connectivity index (χ4v) is 6.74. The lowest BCUT2D eigenvalue weighted by Crippen LogP contribution is -2.38. The zero-order valence-corrected chi connectivity index (χ0v) is 21.8. The molecule has 35 heavy (non-hydrogen) atoms. The number of nitrogens with zero attached hydrogens (tertiary/aromatic N) is 5. The van der Waals surface area contributed by atoms with Crippen LogP contribution in [0, 0.1) is 5.41 Å². The molecule has 1 aliphatic carbocycles. The number of hydrogen-bond donors (Lipinski definition) is 2. The molecule has 3 heterocycles. The second-order valence-corrected chi connectivity index (χ2v) is 11.9. The third-order valence-electron chi connectivity index (χ3n) is 6.80. The minimum atomic E-state index is -3.77. The number of benzene rings is 1. The standard InChI is InChI=1S/C22H24BrN7O4S/c1-22(20(32)24-2)7-6-12(9-22)26-21-25-10-14-18(23)28-30(19(14)27-21)13-4-5-15-16(8-13)35(33,34)11-17(31)29(15)3/h4-5,8,10,12H,6-7,9,11H2,1-3H3,(H,24,32)(H,25,26,27)/t12-,22-/m1/s1. The van der Waals surface area contributed by atoms with E-state index in [9.17, 15) is 18.0 Å².